The quantitative estimate of drug-likeness (QED) is 0.716. The van der Waals surface area contributed by atoms with E-state index in [0.29, 0.717) is 38.2 Å². The Morgan fingerprint density at radius 1 is 1.12 bits per heavy atom. The molecular weight excluding hydrogens is 420 g/mol. The molecule has 0 saturated carbocycles. The van der Waals surface area contributed by atoms with Gasteiger partial charge in [0.2, 0.25) is 5.91 Å². The van der Waals surface area contributed by atoms with Crippen LogP contribution in [0.5, 0.6) is 0 Å². The summed E-state index contributed by atoms with van der Waals surface area (Å²) in [6, 6.07) is 11.5. The van der Waals surface area contributed by atoms with Gasteiger partial charge < -0.3 is 19.6 Å². The number of hydrogen-bond donors (Lipinski definition) is 1. The second-order valence-corrected chi connectivity index (χ2v) is 9.80. The van der Waals surface area contributed by atoms with E-state index in [0.717, 1.165) is 44.5 Å². The van der Waals surface area contributed by atoms with Gasteiger partial charge in [-0.2, -0.15) is 0 Å². The number of ether oxygens (including phenoxy) is 1. The lowest BCUT2D eigenvalue weighted by Crippen LogP contribution is -2.62. The van der Waals surface area contributed by atoms with Crippen molar-refractivity contribution in [1.29, 1.82) is 0 Å². The normalized spacial score (nSPS) is 21.2. The van der Waals surface area contributed by atoms with E-state index in [-0.39, 0.29) is 23.6 Å². The van der Waals surface area contributed by atoms with E-state index >= 15 is 0 Å². The van der Waals surface area contributed by atoms with Gasteiger partial charge in [0.25, 0.3) is 5.56 Å². The molecule has 0 radical (unpaired) electrons. The molecule has 0 aliphatic carbocycles. The van der Waals surface area contributed by atoms with Crippen molar-refractivity contribution in [2.24, 2.45) is 0 Å². The van der Waals surface area contributed by atoms with Crippen LogP contribution < -0.4 is 10.5 Å². The number of benzene rings is 1. The van der Waals surface area contributed by atoms with Crippen molar-refractivity contribution in [2.75, 3.05) is 37.7 Å². The highest BCUT2D eigenvalue weighted by Gasteiger charge is 2.47. The van der Waals surface area contributed by atoms with Crippen LogP contribution in [-0.2, 0) is 22.5 Å². The molecule has 3 aliphatic rings. The molecule has 3 aliphatic heterocycles. The molecule has 176 valence electrons. The third-order valence-corrected chi connectivity index (χ3v) is 7.31. The number of carbonyl (C=O) groups is 1. The minimum atomic E-state index is -1.01. The molecule has 8 heteroatoms. The molecule has 2 aromatic rings. The van der Waals surface area contributed by atoms with Gasteiger partial charge in [0.1, 0.15) is 11.4 Å². The average molecular weight is 453 g/mol. The van der Waals surface area contributed by atoms with Crippen LogP contribution in [-0.4, -0.2) is 69.5 Å². The van der Waals surface area contributed by atoms with Crippen LogP contribution in [0.3, 0.4) is 0 Å². The van der Waals surface area contributed by atoms with E-state index in [1.165, 1.54) is 10.9 Å². The first-order chi connectivity index (χ1) is 15.9. The molecule has 5 rings (SSSR count). The monoisotopic (exact) mass is 452 g/mol. The summed E-state index contributed by atoms with van der Waals surface area (Å²) in [6.07, 6.45) is 5.78. The second-order valence-electron chi connectivity index (χ2n) is 9.80. The summed E-state index contributed by atoms with van der Waals surface area (Å²) in [6.45, 7) is 3.57. The van der Waals surface area contributed by atoms with E-state index in [1.807, 2.05) is 35.2 Å². The summed E-state index contributed by atoms with van der Waals surface area (Å²) in [7, 11) is 0. The van der Waals surface area contributed by atoms with Crippen LogP contribution in [0.2, 0.25) is 0 Å². The van der Waals surface area contributed by atoms with Crippen molar-refractivity contribution >= 4 is 11.7 Å². The molecule has 1 amide bonds. The van der Waals surface area contributed by atoms with Crippen molar-refractivity contribution in [1.82, 2.24) is 14.5 Å². The zero-order chi connectivity index (χ0) is 22.9. The van der Waals surface area contributed by atoms with Gasteiger partial charge in [-0.25, -0.2) is 4.98 Å². The largest absolute Gasteiger partial charge is 0.388 e. The number of aliphatic hydroxyl groups is 1. The Bertz CT molecular complexity index is 1030. The van der Waals surface area contributed by atoms with Crippen molar-refractivity contribution in [3.05, 3.63) is 58.6 Å². The number of nitrogens with zero attached hydrogens (tertiary/aromatic N) is 4. The first-order valence-corrected chi connectivity index (χ1v) is 11.9. The summed E-state index contributed by atoms with van der Waals surface area (Å²) in [5, 5.41) is 11.1. The fraction of sp³-hybridized carbons (Fsp3) is 0.560. The Labute approximate surface area is 193 Å². The summed E-state index contributed by atoms with van der Waals surface area (Å²) in [5.74, 6) is 0.783. The lowest BCUT2D eigenvalue weighted by atomic mass is 9.90. The summed E-state index contributed by atoms with van der Waals surface area (Å²) >= 11 is 0. The Morgan fingerprint density at radius 3 is 2.55 bits per heavy atom. The minimum absolute atomic E-state index is 0.0435. The molecule has 8 nitrogen and oxygen atoms in total. The molecular formula is C25H32N4O4. The molecule has 0 atom stereocenters. The standard InChI is InChI=1S/C25H32N4O4/c30-22(8-7-20-5-2-1-3-6-20)27-12-10-24(32,11-13-27)16-29-19-26-21(15-23(29)31)28-17-25(18-28)9-4-14-33-25/h1-3,5-6,15,19,32H,4,7-14,16-18H2. The molecule has 1 N–H and O–H groups in total. The zero-order valence-electron chi connectivity index (χ0n) is 19.0. The van der Waals surface area contributed by atoms with Crippen LogP contribution in [0, 0.1) is 0 Å². The van der Waals surface area contributed by atoms with Gasteiger partial charge in [-0.15, -0.1) is 0 Å². The second kappa shape index (κ2) is 8.91. The van der Waals surface area contributed by atoms with Gasteiger partial charge in [0.15, 0.2) is 0 Å². The maximum Gasteiger partial charge on any atom is 0.255 e. The Morgan fingerprint density at radius 2 is 1.88 bits per heavy atom. The first kappa shape index (κ1) is 22.1. The van der Waals surface area contributed by atoms with Crippen molar-refractivity contribution in [3.8, 4) is 0 Å². The van der Waals surface area contributed by atoms with E-state index in [1.54, 1.807) is 6.07 Å². The van der Waals surface area contributed by atoms with Gasteiger partial charge in [-0.1, -0.05) is 30.3 Å². The lowest BCUT2D eigenvalue weighted by molar-refractivity contribution is -0.135. The number of carbonyl (C=O) groups excluding carboxylic acids is 1. The fourth-order valence-corrected chi connectivity index (χ4v) is 5.23. The van der Waals surface area contributed by atoms with Crippen LogP contribution in [0.25, 0.3) is 0 Å². The topological polar surface area (TPSA) is 87.9 Å². The highest BCUT2D eigenvalue weighted by molar-refractivity contribution is 5.76. The molecule has 0 unspecified atom stereocenters. The van der Waals surface area contributed by atoms with Crippen molar-refractivity contribution in [3.63, 3.8) is 0 Å². The Kier molecular flexibility index (Phi) is 5.97. The number of piperidine rings is 1. The molecule has 3 saturated heterocycles. The number of anilines is 1. The highest BCUT2D eigenvalue weighted by Crippen LogP contribution is 2.36. The van der Waals surface area contributed by atoms with E-state index in [9.17, 15) is 14.7 Å². The van der Waals surface area contributed by atoms with E-state index in [4.69, 9.17) is 4.74 Å². The summed E-state index contributed by atoms with van der Waals surface area (Å²) < 4.78 is 7.33. The minimum Gasteiger partial charge on any atom is -0.388 e. The van der Waals surface area contributed by atoms with Gasteiger partial charge in [-0.05, 0) is 37.7 Å². The van der Waals surface area contributed by atoms with Crippen molar-refractivity contribution in [2.45, 2.75) is 56.3 Å². The van der Waals surface area contributed by atoms with Gasteiger partial charge in [0.05, 0.1) is 31.6 Å². The molecule has 33 heavy (non-hydrogen) atoms. The van der Waals surface area contributed by atoms with E-state index < -0.39 is 5.60 Å². The third kappa shape index (κ3) is 4.82. The SMILES string of the molecule is O=C(CCc1ccccc1)N1CCC(O)(Cn2cnc(N3CC4(CCCO4)C3)cc2=O)CC1. The smallest absolute Gasteiger partial charge is 0.255 e. The average Bonchev–Trinajstić information content (AvgIpc) is 3.30. The number of aromatic nitrogens is 2. The van der Waals surface area contributed by atoms with Crippen molar-refractivity contribution < 1.29 is 14.6 Å². The number of rotatable bonds is 6. The number of likely N-dealkylation sites (tertiary alicyclic amines) is 1. The van der Waals surface area contributed by atoms with Gasteiger partial charge in [-0.3, -0.25) is 14.2 Å². The molecule has 3 fully saturated rings. The van der Waals surface area contributed by atoms with Crippen LogP contribution in [0.15, 0.2) is 47.5 Å². The lowest BCUT2D eigenvalue weighted by Gasteiger charge is -2.47. The van der Waals surface area contributed by atoms with Crippen LogP contribution in [0.1, 0.15) is 37.7 Å². The predicted octanol–water partition coefficient (Wildman–Crippen LogP) is 1.60. The molecule has 1 aromatic carbocycles. The number of aryl methyl sites for hydroxylation is 1. The molecule has 4 heterocycles. The molecule has 1 spiro atoms. The Hall–Kier alpha value is -2.71. The highest BCUT2D eigenvalue weighted by atomic mass is 16.5. The van der Waals surface area contributed by atoms with Gasteiger partial charge in [0, 0.05) is 32.2 Å². The Balaban J connectivity index is 1.13. The summed E-state index contributed by atoms with van der Waals surface area (Å²) in [5.41, 5.74) is -0.0677. The fourth-order valence-electron chi connectivity index (χ4n) is 5.23. The van der Waals surface area contributed by atoms with E-state index in [2.05, 4.69) is 9.88 Å². The first-order valence-electron chi connectivity index (χ1n) is 11.9. The zero-order valence-corrected chi connectivity index (χ0v) is 19.0. The number of hydrogen-bond acceptors (Lipinski definition) is 6. The molecule has 0 bridgehead atoms. The third-order valence-electron chi connectivity index (χ3n) is 7.31. The van der Waals surface area contributed by atoms with Crippen LogP contribution in [0.4, 0.5) is 5.82 Å². The van der Waals surface area contributed by atoms with Crippen LogP contribution >= 0.6 is 0 Å². The molecule has 1 aromatic heterocycles. The maximum absolute atomic E-state index is 12.7. The maximum atomic E-state index is 12.7. The number of amides is 1. The van der Waals surface area contributed by atoms with Gasteiger partial charge >= 0.3 is 0 Å². The predicted molar refractivity (Wildman–Crippen MR) is 124 cm³/mol. The summed E-state index contributed by atoms with van der Waals surface area (Å²) in [4.78, 5) is 33.7.